The maximum atomic E-state index is 13.0. The van der Waals surface area contributed by atoms with Crippen LogP contribution < -0.4 is 5.32 Å². The van der Waals surface area contributed by atoms with Crippen molar-refractivity contribution in [1.29, 1.82) is 0 Å². The van der Waals surface area contributed by atoms with Crippen molar-refractivity contribution in [2.75, 3.05) is 13.2 Å². The molecule has 0 aromatic rings. The van der Waals surface area contributed by atoms with Gasteiger partial charge in [-0.1, -0.05) is 196 Å². The molecule has 6 N–H and O–H groups in total. The van der Waals surface area contributed by atoms with E-state index >= 15 is 0 Å². The summed E-state index contributed by atoms with van der Waals surface area (Å²) < 4.78 is 11.2. The molecule has 0 radical (unpaired) electrons. The maximum Gasteiger partial charge on any atom is 0.220 e. The van der Waals surface area contributed by atoms with Crippen molar-refractivity contribution in [3.63, 3.8) is 0 Å². The van der Waals surface area contributed by atoms with Gasteiger partial charge < -0.3 is 40.3 Å². The monoisotopic (exact) mass is 886 g/mol. The van der Waals surface area contributed by atoms with Crippen LogP contribution in [0.5, 0.6) is 0 Å². The molecule has 0 aromatic heterocycles. The summed E-state index contributed by atoms with van der Waals surface area (Å²) in [5.74, 6) is -0.203. The van der Waals surface area contributed by atoms with E-state index in [-0.39, 0.29) is 12.5 Å². The van der Waals surface area contributed by atoms with Crippen molar-refractivity contribution >= 4 is 5.91 Å². The molecule has 1 aliphatic heterocycles. The Hall–Kier alpha value is -2.37. The molecule has 1 aliphatic rings. The van der Waals surface area contributed by atoms with Gasteiger partial charge in [0.1, 0.15) is 24.4 Å². The smallest absolute Gasteiger partial charge is 0.220 e. The van der Waals surface area contributed by atoms with Gasteiger partial charge >= 0.3 is 0 Å². The van der Waals surface area contributed by atoms with Crippen LogP contribution in [-0.2, 0) is 14.3 Å². The quantitative estimate of drug-likeness (QED) is 0.0262. The Bertz CT molecular complexity index is 1210. The van der Waals surface area contributed by atoms with Crippen LogP contribution in [0.3, 0.4) is 0 Å². The van der Waals surface area contributed by atoms with Gasteiger partial charge in [-0.3, -0.25) is 4.79 Å². The van der Waals surface area contributed by atoms with Crippen LogP contribution in [0, 0.1) is 0 Å². The summed E-state index contributed by atoms with van der Waals surface area (Å²) in [4.78, 5) is 13.0. The number of hydrogen-bond acceptors (Lipinski definition) is 8. The highest BCUT2D eigenvalue weighted by molar-refractivity contribution is 5.76. The molecule has 364 valence electrons. The first-order chi connectivity index (χ1) is 30.8. The summed E-state index contributed by atoms with van der Waals surface area (Å²) in [6.07, 6.45) is 52.4. The van der Waals surface area contributed by atoms with Gasteiger partial charge in [0.25, 0.3) is 0 Å². The Labute approximate surface area is 385 Å². The lowest BCUT2D eigenvalue weighted by Gasteiger charge is -2.40. The van der Waals surface area contributed by atoms with Crippen LogP contribution >= 0.6 is 0 Å². The summed E-state index contributed by atoms with van der Waals surface area (Å²) in [6, 6.07) is -0.837. The van der Waals surface area contributed by atoms with Crippen molar-refractivity contribution in [3.05, 3.63) is 72.9 Å². The second kappa shape index (κ2) is 43.5. The minimum Gasteiger partial charge on any atom is -0.394 e. The average molecular weight is 886 g/mol. The Morgan fingerprint density at radius 3 is 1.52 bits per heavy atom. The van der Waals surface area contributed by atoms with Gasteiger partial charge in [0.2, 0.25) is 5.91 Å². The van der Waals surface area contributed by atoms with E-state index in [0.29, 0.717) is 6.42 Å². The normalized spacial score (nSPS) is 20.8. The van der Waals surface area contributed by atoms with Gasteiger partial charge in [0, 0.05) is 6.42 Å². The van der Waals surface area contributed by atoms with Crippen molar-refractivity contribution in [3.8, 4) is 0 Å². The van der Waals surface area contributed by atoms with Crippen molar-refractivity contribution in [1.82, 2.24) is 5.32 Å². The third kappa shape index (κ3) is 33.7. The molecule has 0 aliphatic carbocycles. The van der Waals surface area contributed by atoms with Gasteiger partial charge in [-0.2, -0.15) is 0 Å². The average Bonchev–Trinajstić information content (AvgIpc) is 3.28. The number of ether oxygens (including phenoxy) is 2. The fraction of sp³-hybridized carbons (Fsp3) is 0.759. The number of unbranched alkanes of at least 4 members (excludes halogenated alkanes) is 22. The molecule has 1 saturated heterocycles. The number of nitrogens with one attached hydrogen (secondary N) is 1. The zero-order chi connectivity index (χ0) is 45.9. The molecule has 9 heteroatoms. The van der Waals surface area contributed by atoms with Gasteiger partial charge in [-0.25, -0.2) is 0 Å². The molecule has 7 unspecified atom stereocenters. The molecular formula is C54H95NO8. The van der Waals surface area contributed by atoms with Gasteiger partial charge in [-0.15, -0.1) is 0 Å². The lowest BCUT2D eigenvalue weighted by atomic mass is 9.99. The Morgan fingerprint density at radius 2 is 1.00 bits per heavy atom. The third-order valence-electron chi connectivity index (χ3n) is 11.7. The fourth-order valence-electron chi connectivity index (χ4n) is 7.67. The number of allylic oxidation sites excluding steroid dienone is 11. The van der Waals surface area contributed by atoms with Gasteiger partial charge in [0.05, 0.1) is 25.4 Å². The molecular weight excluding hydrogens is 791 g/mol. The molecule has 0 saturated carbocycles. The van der Waals surface area contributed by atoms with Crippen LogP contribution in [0.4, 0.5) is 0 Å². The first kappa shape index (κ1) is 58.6. The predicted octanol–water partition coefficient (Wildman–Crippen LogP) is 11.7. The number of carbonyl (C=O) groups is 1. The highest BCUT2D eigenvalue weighted by Crippen LogP contribution is 2.22. The van der Waals surface area contributed by atoms with Crippen molar-refractivity contribution in [2.45, 2.75) is 249 Å². The summed E-state index contributed by atoms with van der Waals surface area (Å²) in [5, 5.41) is 54.3. The molecule has 63 heavy (non-hydrogen) atoms. The van der Waals surface area contributed by atoms with Crippen LogP contribution in [0.15, 0.2) is 72.9 Å². The summed E-state index contributed by atoms with van der Waals surface area (Å²) in [6.45, 7) is 3.64. The number of amides is 1. The second-order valence-electron chi connectivity index (χ2n) is 17.6. The molecule has 1 heterocycles. The molecule has 0 aromatic carbocycles. The second-order valence-corrected chi connectivity index (χ2v) is 17.6. The fourth-order valence-corrected chi connectivity index (χ4v) is 7.67. The molecule has 1 rings (SSSR count). The minimum absolute atomic E-state index is 0.203. The topological polar surface area (TPSA) is 149 Å². The summed E-state index contributed by atoms with van der Waals surface area (Å²) in [7, 11) is 0. The van der Waals surface area contributed by atoms with E-state index in [0.717, 1.165) is 77.0 Å². The molecule has 7 atom stereocenters. The predicted molar refractivity (Wildman–Crippen MR) is 262 cm³/mol. The molecule has 0 bridgehead atoms. The summed E-state index contributed by atoms with van der Waals surface area (Å²) >= 11 is 0. The van der Waals surface area contributed by atoms with E-state index in [1.807, 2.05) is 6.08 Å². The highest BCUT2D eigenvalue weighted by atomic mass is 16.7. The first-order valence-electron chi connectivity index (χ1n) is 25.7. The van der Waals surface area contributed by atoms with E-state index in [2.05, 4.69) is 79.9 Å². The maximum absolute atomic E-state index is 13.0. The van der Waals surface area contributed by atoms with Crippen molar-refractivity contribution in [2.24, 2.45) is 0 Å². The van der Waals surface area contributed by atoms with Gasteiger partial charge in [0.15, 0.2) is 6.29 Å². The Morgan fingerprint density at radius 1 is 0.556 bits per heavy atom. The SMILES string of the molecule is CC/C=C\C/C=C\C/C=C\CCCCCCCCCC(=O)NC(COC1OC(CO)C(O)C(O)C1O)C(O)/C=C/CC/C=C/CC/C=C/CCCCCCCCCCCCCCC. The van der Waals surface area contributed by atoms with Crippen LogP contribution in [0.1, 0.15) is 206 Å². The molecule has 9 nitrogen and oxygen atoms in total. The zero-order valence-electron chi connectivity index (χ0n) is 40.1. The molecule has 0 spiro atoms. The van der Waals surface area contributed by atoms with E-state index in [1.165, 1.54) is 109 Å². The minimum atomic E-state index is -1.58. The van der Waals surface area contributed by atoms with Crippen LogP contribution in [0.2, 0.25) is 0 Å². The Balaban J connectivity index is 2.34. The van der Waals surface area contributed by atoms with Gasteiger partial charge in [-0.05, 0) is 77.0 Å². The first-order valence-corrected chi connectivity index (χ1v) is 25.7. The van der Waals surface area contributed by atoms with E-state index in [4.69, 9.17) is 9.47 Å². The van der Waals surface area contributed by atoms with E-state index < -0.39 is 49.5 Å². The highest BCUT2D eigenvalue weighted by Gasteiger charge is 2.44. The number of aliphatic hydroxyl groups excluding tert-OH is 5. The molecule has 1 fully saturated rings. The summed E-state index contributed by atoms with van der Waals surface area (Å²) in [5.41, 5.74) is 0. The number of aliphatic hydroxyl groups is 5. The number of rotatable bonds is 42. The van der Waals surface area contributed by atoms with Crippen LogP contribution in [-0.4, -0.2) is 87.5 Å². The largest absolute Gasteiger partial charge is 0.394 e. The van der Waals surface area contributed by atoms with E-state index in [1.54, 1.807) is 6.08 Å². The van der Waals surface area contributed by atoms with E-state index in [9.17, 15) is 30.3 Å². The third-order valence-corrected chi connectivity index (χ3v) is 11.7. The zero-order valence-corrected chi connectivity index (χ0v) is 40.1. The number of hydrogen-bond donors (Lipinski definition) is 6. The Kier molecular flexibility index (Phi) is 40.5. The lowest BCUT2D eigenvalue weighted by Crippen LogP contribution is -2.60. The van der Waals surface area contributed by atoms with Crippen molar-refractivity contribution < 1.29 is 39.8 Å². The van der Waals surface area contributed by atoms with Crippen LogP contribution in [0.25, 0.3) is 0 Å². The molecule has 1 amide bonds. The standard InChI is InChI=1S/C54H95NO8/c1-3-5-7-9-11-13-15-17-19-21-22-23-24-25-26-28-29-31-33-35-37-39-41-43-48(57)47(46-62-54-53(61)52(60)51(59)49(45-56)63-54)55-50(58)44-42-40-38-36-34-32-30-27-20-18-16-14-12-10-8-6-4-2/h6,8,12,14,18,20,26,28,33,35,41,43,47-49,51-54,56-57,59-61H,3-5,7,9-11,13,15-17,19,21-25,27,29-32,34,36-40,42,44-46H2,1-2H3,(H,55,58)/b8-6-,14-12-,20-18-,28-26+,35-33+,43-41+. The lowest BCUT2D eigenvalue weighted by molar-refractivity contribution is -0.302. The number of carbonyl (C=O) groups excluding carboxylic acids is 1.